The fourth-order valence-corrected chi connectivity index (χ4v) is 2.62. The molecular formula is C21H22N4O3. The van der Waals surface area contributed by atoms with E-state index in [1.54, 1.807) is 42.3 Å². The van der Waals surface area contributed by atoms with Crippen molar-refractivity contribution in [3.63, 3.8) is 0 Å². The van der Waals surface area contributed by atoms with Gasteiger partial charge in [-0.15, -0.1) is 0 Å². The van der Waals surface area contributed by atoms with Gasteiger partial charge in [0.1, 0.15) is 5.75 Å². The van der Waals surface area contributed by atoms with Gasteiger partial charge >= 0.3 is 0 Å². The van der Waals surface area contributed by atoms with Crippen molar-refractivity contribution in [2.24, 2.45) is 0 Å². The van der Waals surface area contributed by atoms with Crippen molar-refractivity contribution >= 4 is 11.8 Å². The Labute approximate surface area is 163 Å². The van der Waals surface area contributed by atoms with Crippen LogP contribution in [0, 0.1) is 0 Å². The van der Waals surface area contributed by atoms with Crippen LogP contribution < -0.4 is 15.4 Å². The van der Waals surface area contributed by atoms with Gasteiger partial charge in [-0.05, 0) is 48.4 Å². The van der Waals surface area contributed by atoms with Crippen LogP contribution in [0.5, 0.6) is 5.75 Å². The summed E-state index contributed by atoms with van der Waals surface area (Å²) in [5, 5.41) is 9.72. The molecule has 144 valence electrons. The van der Waals surface area contributed by atoms with Crippen molar-refractivity contribution in [2.45, 2.75) is 6.42 Å². The standard InChI is InChI=1S/C21H22N4O3/c1-28-19-9-7-17(8-10-19)21(27)23-14-20(26)22-12-11-16-13-24-25(15-16)18-5-3-2-4-6-18/h2-10,13,15H,11-12,14H2,1H3,(H,22,26)(H,23,27). The first-order chi connectivity index (χ1) is 13.7. The van der Waals surface area contributed by atoms with Crippen LogP contribution in [-0.4, -0.2) is 41.8 Å². The van der Waals surface area contributed by atoms with Gasteiger partial charge in [0.15, 0.2) is 0 Å². The van der Waals surface area contributed by atoms with Gasteiger partial charge in [0.2, 0.25) is 5.91 Å². The Morgan fingerprint density at radius 3 is 2.50 bits per heavy atom. The molecule has 7 heteroatoms. The van der Waals surface area contributed by atoms with Crippen LogP contribution in [0.4, 0.5) is 0 Å². The minimum Gasteiger partial charge on any atom is -0.497 e. The summed E-state index contributed by atoms with van der Waals surface area (Å²) < 4.78 is 6.85. The van der Waals surface area contributed by atoms with E-state index in [1.165, 1.54) is 0 Å². The van der Waals surface area contributed by atoms with Crippen LogP contribution in [0.15, 0.2) is 67.0 Å². The number of para-hydroxylation sites is 1. The SMILES string of the molecule is COc1ccc(C(=O)NCC(=O)NCCc2cnn(-c3ccccc3)c2)cc1. The highest BCUT2D eigenvalue weighted by atomic mass is 16.5. The molecule has 0 unspecified atom stereocenters. The van der Waals surface area contributed by atoms with Gasteiger partial charge in [-0.1, -0.05) is 18.2 Å². The number of amides is 2. The molecule has 0 aliphatic rings. The van der Waals surface area contributed by atoms with Crippen molar-refractivity contribution in [3.05, 3.63) is 78.1 Å². The van der Waals surface area contributed by atoms with Crippen LogP contribution in [0.2, 0.25) is 0 Å². The molecule has 0 fully saturated rings. The molecule has 0 atom stereocenters. The number of aromatic nitrogens is 2. The lowest BCUT2D eigenvalue weighted by Crippen LogP contribution is -2.37. The van der Waals surface area contributed by atoms with Crippen molar-refractivity contribution in [2.75, 3.05) is 20.2 Å². The average molecular weight is 378 g/mol. The van der Waals surface area contributed by atoms with E-state index < -0.39 is 0 Å². The Hall–Kier alpha value is -3.61. The molecule has 0 aliphatic carbocycles. The molecule has 3 aromatic rings. The molecule has 2 amide bonds. The molecule has 0 spiro atoms. The summed E-state index contributed by atoms with van der Waals surface area (Å²) in [5.74, 6) is 0.129. The quantitative estimate of drug-likeness (QED) is 0.628. The van der Waals surface area contributed by atoms with Crippen LogP contribution in [0.3, 0.4) is 0 Å². The van der Waals surface area contributed by atoms with Crippen molar-refractivity contribution in [3.8, 4) is 11.4 Å². The van der Waals surface area contributed by atoms with Gasteiger partial charge in [0.25, 0.3) is 5.91 Å². The first-order valence-corrected chi connectivity index (χ1v) is 8.93. The number of nitrogens with one attached hydrogen (secondary N) is 2. The summed E-state index contributed by atoms with van der Waals surface area (Å²) >= 11 is 0. The number of nitrogens with zero attached hydrogens (tertiary/aromatic N) is 2. The van der Waals surface area contributed by atoms with E-state index in [9.17, 15) is 9.59 Å². The monoisotopic (exact) mass is 378 g/mol. The van der Waals surface area contributed by atoms with Gasteiger partial charge in [0, 0.05) is 18.3 Å². The van der Waals surface area contributed by atoms with Crippen LogP contribution in [0.1, 0.15) is 15.9 Å². The maximum absolute atomic E-state index is 12.0. The predicted molar refractivity (Wildman–Crippen MR) is 106 cm³/mol. The Morgan fingerprint density at radius 1 is 1.04 bits per heavy atom. The topological polar surface area (TPSA) is 85.2 Å². The summed E-state index contributed by atoms with van der Waals surface area (Å²) in [6.07, 6.45) is 4.38. The van der Waals surface area contributed by atoms with Crippen molar-refractivity contribution in [1.82, 2.24) is 20.4 Å². The molecule has 2 N–H and O–H groups in total. The number of hydrogen-bond donors (Lipinski definition) is 2. The molecule has 0 saturated heterocycles. The number of benzene rings is 2. The Balaban J connectivity index is 1.40. The van der Waals surface area contributed by atoms with E-state index in [4.69, 9.17) is 4.74 Å². The Morgan fingerprint density at radius 2 is 1.79 bits per heavy atom. The van der Waals surface area contributed by atoms with E-state index in [0.717, 1.165) is 11.3 Å². The maximum Gasteiger partial charge on any atom is 0.251 e. The predicted octanol–water partition coefficient (Wildman–Crippen LogP) is 1.97. The lowest BCUT2D eigenvalue weighted by atomic mass is 10.2. The second kappa shape index (κ2) is 9.36. The third-order valence-corrected chi connectivity index (χ3v) is 4.15. The molecule has 0 radical (unpaired) electrons. The second-order valence-corrected chi connectivity index (χ2v) is 6.14. The minimum absolute atomic E-state index is 0.0753. The number of carbonyl (C=O) groups is 2. The van der Waals surface area contributed by atoms with E-state index in [1.807, 2.05) is 36.5 Å². The zero-order valence-electron chi connectivity index (χ0n) is 15.6. The van der Waals surface area contributed by atoms with Gasteiger partial charge in [0.05, 0.1) is 25.5 Å². The first kappa shape index (κ1) is 19.2. The number of methoxy groups -OCH3 is 1. The fraction of sp³-hybridized carbons (Fsp3) is 0.190. The lowest BCUT2D eigenvalue weighted by Gasteiger charge is -2.07. The van der Waals surface area contributed by atoms with Gasteiger partial charge in [-0.25, -0.2) is 4.68 Å². The lowest BCUT2D eigenvalue weighted by molar-refractivity contribution is -0.120. The molecule has 1 aromatic heterocycles. The molecule has 28 heavy (non-hydrogen) atoms. The largest absolute Gasteiger partial charge is 0.497 e. The molecular weight excluding hydrogens is 356 g/mol. The first-order valence-electron chi connectivity index (χ1n) is 8.93. The zero-order chi connectivity index (χ0) is 19.8. The number of ether oxygens (including phenoxy) is 1. The van der Waals surface area contributed by atoms with E-state index in [0.29, 0.717) is 24.3 Å². The van der Waals surface area contributed by atoms with Crippen LogP contribution >= 0.6 is 0 Å². The van der Waals surface area contributed by atoms with Crippen molar-refractivity contribution < 1.29 is 14.3 Å². The van der Waals surface area contributed by atoms with Gasteiger partial charge < -0.3 is 15.4 Å². The van der Waals surface area contributed by atoms with Crippen LogP contribution in [-0.2, 0) is 11.2 Å². The highest BCUT2D eigenvalue weighted by molar-refractivity contribution is 5.96. The normalized spacial score (nSPS) is 10.3. The maximum atomic E-state index is 12.0. The molecule has 2 aromatic carbocycles. The molecule has 1 heterocycles. The number of rotatable bonds is 8. The summed E-state index contributed by atoms with van der Waals surface area (Å²) in [6, 6.07) is 16.5. The molecule has 0 saturated carbocycles. The van der Waals surface area contributed by atoms with Gasteiger partial charge in [-0.3, -0.25) is 9.59 Å². The fourth-order valence-electron chi connectivity index (χ4n) is 2.62. The molecule has 0 aliphatic heterocycles. The van der Waals surface area contributed by atoms with E-state index in [2.05, 4.69) is 15.7 Å². The third-order valence-electron chi connectivity index (χ3n) is 4.15. The summed E-state index contributed by atoms with van der Waals surface area (Å²) in [5.41, 5.74) is 2.48. The van der Waals surface area contributed by atoms with Gasteiger partial charge in [-0.2, -0.15) is 5.10 Å². The summed E-state index contributed by atoms with van der Waals surface area (Å²) in [7, 11) is 1.56. The summed E-state index contributed by atoms with van der Waals surface area (Å²) in [6.45, 7) is 0.395. The van der Waals surface area contributed by atoms with E-state index in [-0.39, 0.29) is 18.4 Å². The highest BCUT2D eigenvalue weighted by Gasteiger charge is 2.08. The van der Waals surface area contributed by atoms with E-state index >= 15 is 0 Å². The number of hydrogen-bond acceptors (Lipinski definition) is 4. The van der Waals surface area contributed by atoms with Crippen molar-refractivity contribution in [1.29, 1.82) is 0 Å². The zero-order valence-corrected chi connectivity index (χ0v) is 15.6. The highest BCUT2D eigenvalue weighted by Crippen LogP contribution is 2.11. The molecule has 0 bridgehead atoms. The molecule has 3 rings (SSSR count). The number of carbonyl (C=O) groups excluding carboxylic acids is 2. The Kier molecular flexibility index (Phi) is 6.41. The minimum atomic E-state index is -0.304. The summed E-state index contributed by atoms with van der Waals surface area (Å²) in [4.78, 5) is 24.0. The molecule has 7 nitrogen and oxygen atoms in total. The third kappa shape index (κ3) is 5.20. The van der Waals surface area contributed by atoms with Crippen LogP contribution in [0.25, 0.3) is 5.69 Å². The smallest absolute Gasteiger partial charge is 0.251 e. The Bertz CT molecular complexity index is 920. The average Bonchev–Trinajstić information content (AvgIpc) is 3.21. The second-order valence-electron chi connectivity index (χ2n) is 6.14.